The van der Waals surface area contributed by atoms with Gasteiger partial charge in [-0.25, -0.2) is 0 Å². The first-order chi connectivity index (χ1) is 6.27. The molecule has 0 saturated carbocycles. The van der Waals surface area contributed by atoms with Crippen molar-refractivity contribution >= 4 is 22.5 Å². The number of nitrogens with one attached hydrogen (secondary N) is 2. The van der Waals surface area contributed by atoms with Crippen molar-refractivity contribution in [2.75, 3.05) is 5.32 Å². The molecule has 2 rings (SSSR count). The topological polar surface area (TPSA) is 44.9 Å². The largest absolute Gasteiger partial charge is 0.359 e. The van der Waals surface area contributed by atoms with Crippen LogP contribution in [0.4, 0.5) is 5.69 Å². The minimum atomic E-state index is -0.0512. The molecule has 3 nitrogen and oxygen atoms in total. The lowest BCUT2D eigenvalue weighted by Gasteiger charge is -1.97. The molecule has 1 aromatic heterocycles. The second-order valence-electron chi connectivity index (χ2n) is 2.93. The molecule has 0 fully saturated rings. The van der Waals surface area contributed by atoms with Crippen LogP contribution in [0.15, 0.2) is 30.5 Å². The first kappa shape index (κ1) is 7.86. The Morgan fingerprint density at radius 3 is 2.92 bits per heavy atom. The third-order valence-corrected chi connectivity index (χ3v) is 1.90. The molecule has 0 spiro atoms. The summed E-state index contributed by atoms with van der Waals surface area (Å²) in [4.78, 5) is 13.9. The molecule has 0 aliphatic rings. The number of para-hydroxylation sites is 1. The highest BCUT2D eigenvalue weighted by Crippen LogP contribution is 2.21. The van der Waals surface area contributed by atoms with Crippen LogP contribution in [0.5, 0.6) is 0 Å². The van der Waals surface area contributed by atoms with Crippen LogP contribution >= 0.6 is 0 Å². The van der Waals surface area contributed by atoms with Gasteiger partial charge in [0.15, 0.2) is 0 Å². The van der Waals surface area contributed by atoms with E-state index in [1.807, 2.05) is 24.3 Å². The lowest BCUT2D eigenvalue weighted by Crippen LogP contribution is -2.04. The first-order valence-corrected chi connectivity index (χ1v) is 4.11. The standard InChI is InChI=1S/C10H10N2O/c1-7(13)12-10-6-11-9-5-3-2-4-8(9)10/h2-6,11H,1H3,(H,12,13). The summed E-state index contributed by atoms with van der Waals surface area (Å²) in [6, 6.07) is 7.84. The van der Waals surface area contributed by atoms with Crippen molar-refractivity contribution in [3.63, 3.8) is 0 Å². The van der Waals surface area contributed by atoms with Crippen molar-refractivity contribution in [1.82, 2.24) is 4.98 Å². The number of carbonyl (C=O) groups excluding carboxylic acids is 1. The van der Waals surface area contributed by atoms with Crippen LogP contribution in [0.25, 0.3) is 10.9 Å². The van der Waals surface area contributed by atoms with Crippen molar-refractivity contribution in [2.24, 2.45) is 0 Å². The molecule has 1 amide bonds. The van der Waals surface area contributed by atoms with Gasteiger partial charge in [0.05, 0.1) is 5.69 Å². The fourth-order valence-electron chi connectivity index (χ4n) is 1.36. The second kappa shape index (κ2) is 2.94. The zero-order chi connectivity index (χ0) is 9.26. The molecular formula is C10H10N2O. The average molecular weight is 174 g/mol. The van der Waals surface area contributed by atoms with Crippen LogP contribution < -0.4 is 5.32 Å². The maximum Gasteiger partial charge on any atom is 0.221 e. The van der Waals surface area contributed by atoms with E-state index in [0.29, 0.717) is 0 Å². The molecule has 0 atom stereocenters. The first-order valence-electron chi connectivity index (χ1n) is 4.11. The number of anilines is 1. The van der Waals surface area contributed by atoms with E-state index >= 15 is 0 Å². The highest BCUT2D eigenvalue weighted by atomic mass is 16.1. The minimum absolute atomic E-state index is 0.0512. The summed E-state index contributed by atoms with van der Waals surface area (Å²) in [5.41, 5.74) is 1.87. The summed E-state index contributed by atoms with van der Waals surface area (Å²) in [7, 11) is 0. The number of benzene rings is 1. The van der Waals surface area contributed by atoms with Gasteiger partial charge in [-0.05, 0) is 6.07 Å². The fourth-order valence-corrected chi connectivity index (χ4v) is 1.36. The zero-order valence-corrected chi connectivity index (χ0v) is 7.29. The van der Waals surface area contributed by atoms with Crippen molar-refractivity contribution in [3.8, 4) is 0 Å². The summed E-state index contributed by atoms with van der Waals surface area (Å²) in [6.07, 6.45) is 1.80. The predicted molar refractivity (Wildman–Crippen MR) is 52.6 cm³/mol. The normalized spacial score (nSPS) is 10.2. The van der Waals surface area contributed by atoms with Crippen molar-refractivity contribution in [2.45, 2.75) is 6.92 Å². The van der Waals surface area contributed by atoms with Crippen LogP contribution in [0.3, 0.4) is 0 Å². The van der Waals surface area contributed by atoms with Gasteiger partial charge in [0, 0.05) is 24.0 Å². The highest BCUT2D eigenvalue weighted by Gasteiger charge is 2.02. The highest BCUT2D eigenvalue weighted by molar-refractivity contribution is 6.00. The predicted octanol–water partition coefficient (Wildman–Crippen LogP) is 2.13. The van der Waals surface area contributed by atoms with Crippen molar-refractivity contribution < 1.29 is 4.79 Å². The van der Waals surface area contributed by atoms with Crippen LogP contribution in [0.1, 0.15) is 6.92 Å². The Balaban J connectivity index is 2.51. The van der Waals surface area contributed by atoms with E-state index in [4.69, 9.17) is 0 Å². The van der Waals surface area contributed by atoms with Crippen LogP contribution in [0.2, 0.25) is 0 Å². The van der Waals surface area contributed by atoms with E-state index in [9.17, 15) is 4.79 Å². The number of aromatic nitrogens is 1. The molecule has 1 heterocycles. The molecule has 13 heavy (non-hydrogen) atoms. The van der Waals surface area contributed by atoms with Crippen molar-refractivity contribution in [1.29, 1.82) is 0 Å². The molecule has 0 bridgehead atoms. The monoisotopic (exact) mass is 174 g/mol. The third-order valence-electron chi connectivity index (χ3n) is 1.90. The van der Waals surface area contributed by atoms with Gasteiger partial charge in [0.25, 0.3) is 0 Å². The maximum absolute atomic E-state index is 10.8. The van der Waals surface area contributed by atoms with Gasteiger partial charge in [0.1, 0.15) is 0 Å². The van der Waals surface area contributed by atoms with E-state index in [1.54, 1.807) is 6.20 Å². The summed E-state index contributed by atoms with van der Waals surface area (Å²) in [5.74, 6) is -0.0512. The molecule has 3 heteroatoms. The van der Waals surface area contributed by atoms with E-state index in [1.165, 1.54) is 6.92 Å². The number of hydrogen-bond donors (Lipinski definition) is 2. The Kier molecular flexibility index (Phi) is 1.77. The molecule has 0 aliphatic heterocycles. The van der Waals surface area contributed by atoms with Crippen LogP contribution in [0, 0.1) is 0 Å². The molecule has 0 unspecified atom stereocenters. The van der Waals surface area contributed by atoms with Gasteiger partial charge in [-0.1, -0.05) is 18.2 Å². The second-order valence-corrected chi connectivity index (χ2v) is 2.93. The van der Waals surface area contributed by atoms with Gasteiger partial charge in [-0.3, -0.25) is 4.79 Å². The number of H-pyrrole nitrogens is 1. The number of rotatable bonds is 1. The summed E-state index contributed by atoms with van der Waals surface area (Å²) >= 11 is 0. The SMILES string of the molecule is CC(=O)Nc1c[nH]c2ccccc12. The Labute approximate surface area is 75.8 Å². The molecule has 2 aromatic rings. The van der Waals surface area contributed by atoms with Gasteiger partial charge >= 0.3 is 0 Å². The minimum Gasteiger partial charge on any atom is -0.359 e. The molecule has 0 radical (unpaired) electrons. The molecule has 0 aliphatic carbocycles. The third kappa shape index (κ3) is 1.40. The van der Waals surface area contributed by atoms with E-state index in [-0.39, 0.29) is 5.91 Å². The number of aromatic amines is 1. The van der Waals surface area contributed by atoms with Crippen molar-refractivity contribution in [3.05, 3.63) is 30.5 Å². The van der Waals surface area contributed by atoms with Gasteiger partial charge in [0.2, 0.25) is 5.91 Å². The van der Waals surface area contributed by atoms with E-state index in [2.05, 4.69) is 10.3 Å². The molecule has 1 aromatic carbocycles. The Morgan fingerprint density at radius 1 is 1.38 bits per heavy atom. The Bertz CT molecular complexity index is 445. The lowest BCUT2D eigenvalue weighted by atomic mass is 10.2. The van der Waals surface area contributed by atoms with Crippen LogP contribution in [-0.2, 0) is 4.79 Å². The molecular weight excluding hydrogens is 164 g/mol. The fraction of sp³-hybridized carbons (Fsp3) is 0.100. The number of carbonyl (C=O) groups is 1. The maximum atomic E-state index is 10.8. The zero-order valence-electron chi connectivity index (χ0n) is 7.29. The number of amides is 1. The average Bonchev–Trinajstić information content (AvgIpc) is 2.48. The molecule has 2 N–H and O–H groups in total. The van der Waals surface area contributed by atoms with Gasteiger partial charge in [-0.2, -0.15) is 0 Å². The Morgan fingerprint density at radius 2 is 2.15 bits per heavy atom. The van der Waals surface area contributed by atoms with Gasteiger partial charge in [-0.15, -0.1) is 0 Å². The van der Waals surface area contributed by atoms with Gasteiger partial charge < -0.3 is 10.3 Å². The van der Waals surface area contributed by atoms with E-state index in [0.717, 1.165) is 16.6 Å². The number of fused-ring (bicyclic) bond motifs is 1. The molecule has 66 valence electrons. The quantitative estimate of drug-likeness (QED) is 0.683. The number of hydrogen-bond acceptors (Lipinski definition) is 1. The smallest absolute Gasteiger partial charge is 0.221 e. The van der Waals surface area contributed by atoms with E-state index < -0.39 is 0 Å². The molecule has 0 saturated heterocycles. The summed E-state index contributed by atoms with van der Waals surface area (Å²) in [6.45, 7) is 1.50. The Hall–Kier alpha value is -1.77. The van der Waals surface area contributed by atoms with Crippen LogP contribution in [-0.4, -0.2) is 10.9 Å². The lowest BCUT2D eigenvalue weighted by molar-refractivity contribution is -0.114. The summed E-state index contributed by atoms with van der Waals surface area (Å²) < 4.78 is 0. The summed E-state index contributed by atoms with van der Waals surface area (Å²) in [5, 5.41) is 3.80.